The smallest absolute Gasteiger partial charge is 0.0494 e. The molecule has 0 aliphatic heterocycles. The van der Waals surface area contributed by atoms with Crippen molar-refractivity contribution >= 4 is 0 Å². The van der Waals surface area contributed by atoms with E-state index in [0.29, 0.717) is 6.04 Å². The molecule has 1 saturated carbocycles. The lowest BCUT2D eigenvalue weighted by molar-refractivity contribution is 0.153. The predicted molar refractivity (Wildman–Crippen MR) is 55.7 cm³/mol. The summed E-state index contributed by atoms with van der Waals surface area (Å²) in [5, 5.41) is 12.6. The monoisotopic (exact) mass is 185 g/mol. The molecule has 0 aromatic carbocycles. The Labute approximate surface area is 81.7 Å². The summed E-state index contributed by atoms with van der Waals surface area (Å²) in [6.07, 6.45) is 3.97. The number of aliphatic hydroxyl groups is 1. The fourth-order valence-corrected chi connectivity index (χ4v) is 1.87. The molecular weight excluding hydrogens is 162 g/mol. The minimum absolute atomic E-state index is 0.0336. The van der Waals surface area contributed by atoms with E-state index in [1.54, 1.807) is 0 Å². The summed E-state index contributed by atoms with van der Waals surface area (Å²) < 4.78 is 0. The Morgan fingerprint density at radius 1 is 1.38 bits per heavy atom. The Hall–Kier alpha value is -0.0800. The van der Waals surface area contributed by atoms with E-state index >= 15 is 0 Å². The molecule has 0 aromatic rings. The van der Waals surface area contributed by atoms with Gasteiger partial charge in [-0.25, -0.2) is 0 Å². The predicted octanol–water partition coefficient (Wildman–Crippen LogP) is 1.78. The summed E-state index contributed by atoms with van der Waals surface area (Å²) in [4.78, 5) is 0. The molecule has 78 valence electrons. The average molecular weight is 185 g/mol. The number of hydrogen-bond donors (Lipinski definition) is 2. The second-order valence-electron chi connectivity index (χ2n) is 5.32. The molecule has 0 bridgehead atoms. The second-order valence-corrected chi connectivity index (χ2v) is 5.32. The van der Waals surface area contributed by atoms with Gasteiger partial charge < -0.3 is 10.4 Å². The van der Waals surface area contributed by atoms with Crippen molar-refractivity contribution in [2.24, 2.45) is 11.3 Å². The lowest BCUT2D eigenvalue weighted by atomic mass is 9.94. The standard InChI is InChI=1S/C11H23NO/c1-9-4-5-10(6-9)12-7-11(2,3)8-13/h9-10,12-13H,4-8H2,1-3H3. The van der Waals surface area contributed by atoms with E-state index in [9.17, 15) is 0 Å². The van der Waals surface area contributed by atoms with Crippen molar-refractivity contribution in [2.75, 3.05) is 13.2 Å². The first kappa shape index (κ1) is 11.0. The maximum absolute atomic E-state index is 9.08. The Bertz CT molecular complexity index is 156. The molecule has 2 heteroatoms. The summed E-state index contributed by atoms with van der Waals surface area (Å²) in [6.45, 7) is 7.71. The fourth-order valence-electron chi connectivity index (χ4n) is 1.87. The van der Waals surface area contributed by atoms with Crippen LogP contribution in [0.2, 0.25) is 0 Å². The highest BCUT2D eigenvalue weighted by atomic mass is 16.3. The molecule has 13 heavy (non-hydrogen) atoms. The van der Waals surface area contributed by atoms with Crippen LogP contribution < -0.4 is 5.32 Å². The molecule has 2 unspecified atom stereocenters. The Morgan fingerprint density at radius 3 is 2.54 bits per heavy atom. The van der Waals surface area contributed by atoms with Crippen LogP contribution in [0.3, 0.4) is 0 Å². The fraction of sp³-hybridized carbons (Fsp3) is 1.00. The molecule has 1 rings (SSSR count). The largest absolute Gasteiger partial charge is 0.396 e. The van der Waals surface area contributed by atoms with Crippen molar-refractivity contribution in [1.82, 2.24) is 5.32 Å². The molecule has 2 nitrogen and oxygen atoms in total. The van der Waals surface area contributed by atoms with Crippen molar-refractivity contribution in [3.63, 3.8) is 0 Å². The van der Waals surface area contributed by atoms with Crippen molar-refractivity contribution in [1.29, 1.82) is 0 Å². The molecule has 1 aliphatic rings. The third-order valence-electron chi connectivity index (χ3n) is 2.99. The topological polar surface area (TPSA) is 32.3 Å². The Balaban J connectivity index is 2.19. The molecule has 0 heterocycles. The molecular formula is C11H23NO. The van der Waals surface area contributed by atoms with Crippen LogP contribution in [0.25, 0.3) is 0 Å². The Kier molecular flexibility index (Phi) is 3.74. The molecule has 2 N–H and O–H groups in total. The van der Waals surface area contributed by atoms with Crippen LogP contribution in [0.5, 0.6) is 0 Å². The molecule has 0 saturated heterocycles. The lowest BCUT2D eigenvalue weighted by Crippen LogP contribution is -2.37. The summed E-state index contributed by atoms with van der Waals surface area (Å²) in [6, 6.07) is 0.695. The first-order valence-corrected chi connectivity index (χ1v) is 5.38. The minimum atomic E-state index is 0.0336. The normalized spacial score (nSPS) is 29.5. The highest BCUT2D eigenvalue weighted by molar-refractivity contribution is 4.81. The number of aliphatic hydroxyl groups excluding tert-OH is 1. The number of hydrogen-bond acceptors (Lipinski definition) is 2. The zero-order valence-electron chi connectivity index (χ0n) is 9.14. The van der Waals surface area contributed by atoms with Gasteiger partial charge in [0.05, 0.1) is 0 Å². The Morgan fingerprint density at radius 2 is 2.08 bits per heavy atom. The number of nitrogens with one attached hydrogen (secondary N) is 1. The second kappa shape index (κ2) is 4.43. The third kappa shape index (κ3) is 3.65. The van der Waals surface area contributed by atoms with Crippen LogP contribution in [0.15, 0.2) is 0 Å². The van der Waals surface area contributed by atoms with E-state index in [1.165, 1.54) is 19.3 Å². The first-order valence-electron chi connectivity index (χ1n) is 5.38. The molecule has 0 radical (unpaired) electrons. The van der Waals surface area contributed by atoms with Gasteiger partial charge in [0.1, 0.15) is 0 Å². The van der Waals surface area contributed by atoms with Gasteiger partial charge in [0.15, 0.2) is 0 Å². The molecule has 0 spiro atoms. The van der Waals surface area contributed by atoms with Gasteiger partial charge in [-0.15, -0.1) is 0 Å². The van der Waals surface area contributed by atoms with Crippen LogP contribution in [-0.2, 0) is 0 Å². The molecule has 1 aliphatic carbocycles. The molecule has 0 aromatic heterocycles. The molecule has 1 fully saturated rings. The molecule has 2 atom stereocenters. The van der Waals surface area contributed by atoms with Crippen LogP contribution in [0.1, 0.15) is 40.0 Å². The van der Waals surface area contributed by atoms with Crippen molar-refractivity contribution in [2.45, 2.75) is 46.1 Å². The van der Waals surface area contributed by atoms with Crippen molar-refractivity contribution in [3.8, 4) is 0 Å². The average Bonchev–Trinajstić information content (AvgIpc) is 2.48. The lowest BCUT2D eigenvalue weighted by Gasteiger charge is -2.24. The maximum Gasteiger partial charge on any atom is 0.0494 e. The van der Waals surface area contributed by atoms with E-state index in [-0.39, 0.29) is 12.0 Å². The summed E-state index contributed by atoms with van der Waals surface area (Å²) in [5.74, 6) is 0.884. The van der Waals surface area contributed by atoms with Gasteiger partial charge in [0.2, 0.25) is 0 Å². The summed E-state index contributed by atoms with van der Waals surface area (Å²) in [5.41, 5.74) is 0.0336. The zero-order valence-corrected chi connectivity index (χ0v) is 9.14. The van der Waals surface area contributed by atoms with Gasteiger partial charge in [0, 0.05) is 24.6 Å². The van der Waals surface area contributed by atoms with E-state index < -0.39 is 0 Å². The molecule has 0 amide bonds. The van der Waals surface area contributed by atoms with Gasteiger partial charge in [-0.05, 0) is 25.2 Å². The van der Waals surface area contributed by atoms with E-state index in [0.717, 1.165) is 12.5 Å². The van der Waals surface area contributed by atoms with Crippen molar-refractivity contribution < 1.29 is 5.11 Å². The van der Waals surface area contributed by atoms with Gasteiger partial charge in [0.25, 0.3) is 0 Å². The van der Waals surface area contributed by atoms with Crippen LogP contribution in [-0.4, -0.2) is 24.3 Å². The zero-order chi connectivity index (χ0) is 9.90. The summed E-state index contributed by atoms with van der Waals surface area (Å²) in [7, 11) is 0. The number of rotatable bonds is 4. The van der Waals surface area contributed by atoms with Crippen LogP contribution >= 0.6 is 0 Å². The van der Waals surface area contributed by atoms with Gasteiger partial charge in [-0.1, -0.05) is 20.8 Å². The van der Waals surface area contributed by atoms with Gasteiger partial charge >= 0.3 is 0 Å². The van der Waals surface area contributed by atoms with Gasteiger partial charge in [-0.3, -0.25) is 0 Å². The third-order valence-corrected chi connectivity index (χ3v) is 2.99. The highest BCUT2D eigenvalue weighted by Gasteiger charge is 2.23. The first-order chi connectivity index (χ1) is 6.03. The van der Waals surface area contributed by atoms with Crippen LogP contribution in [0, 0.1) is 11.3 Å². The van der Waals surface area contributed by atoms with Gasteiger partial charge in [-0.2, -0.15) is 0 Å². The quantitative estimate of drug-likeness (QED) is 0.700. The summed E-state index contributed by atoms with van der Waals surface area (Å²) >= 11 is 0. The van der Waals surface area contributed by atoms with E-state index in [4.69, 9.17) is 5.11 Å². The highest BCUT2D eigenvalue weighted by Crippen LogP contribution is 2.25. The maximum atomic E-state index is 9.08. The van der Waals surface area contributed by atoms with Crippen LogP contribution in [0.4, 0.5) is 0 Å². The van der Waals surface area contributed by atoms with E-state index in [1.807, 2.05) is 0 Å². The van der Waals surface area contributed by atoms with Crippen molar-refractivity contribution in [3.05, 3.63) is 0 Å². The SMILES string of the molecule is CC1CCC(NCC(C)(C)CO)C1. The van der Waals surface area contributed by atoms with E-state index in [2.05, 4.69) is 26.1 Å². The minimum Gasteiger partial charge on any atom is -0.396 e.